The molecule has 112 valence electrons. The second-order valence-corrected chi connectivity index (χ2v) is 6.04. The van der Waals surface area contributed by atoms with Crippen LogP contribution in [0.15, 0.2) is 0 Å². The smallest absolute Gasteiger partial charge is 0.0661 e. The molecule has 0 fully saturated rings. The predicted octanol–water partition coefficient (Wildman–Crippen LogP) is 6.34. The molecular formula is C18H35N. The highest BCUT2D eigenvalue weighted by atomic mass is 14.4. The van der Waals surface area contributed by atoms with Crippen molar-refractivity contribution in [3.63, 3.8) is 0 Å². The van der Waals surface area contributed by atoms with Gasteiger partial charge in [0.15, 0.2) is 0 Å². The van der Waals surface area contributed by atoms with Gasteiger partial charge in [-0.3, -0.25) is 0 Å². The van der Waals surface area contributed by atoms with Crippen LogP contribution in [-0.2, 0) is 0 Å². The molecule has 1 heteroatoms. The van der Waals surface area contributed by atoms with Crippen LogP contribution in [0.5, 0.6) is 0 Å². The van der Waals surface area contributed by atoms with E-state index in [1.165, 1.54) is 64.2 Å². The summed E-state index contributed by atoms with van der Waals surface area (Å²) in [7, 11) is 0. The maximum absolute atomic E-state index is 9.67. The van der Waals surface area contributed by atoms with Crippen LogP contribution in [0, 0.1) is 29.1 Å². The Morgan fingerprint density at radius 1 is 0.684 bits per heavy atom. The Balaban J connectivity index is 4.69. The minimum absolute atomic E-state index is 0.304. The lowest BCUT2D eigenvalue weighted by Crippen LogP contribution is -2.23. The van der Waals surface area contributed by atoms with Crippen molar-refractivity contribution in [3.05, 3.63) is 0 Å². The minimum Gasteiger partial charge on any atom is -0.198 e. The Hall–Kier alpha value is -0.510. The highest BCUT2D eigenvalue weighted by Crippen LogP contribution is 2.34. The average Bonchev–Trinajstić information content (AvgIpc) is 2.42. The third kappa shape index (κ3) is 7.61. The number of hydrogen-bond acceptors (Lipinski definition) is 1. The number of unbranched alkanes of at least 4 members (excludes halogenated alkanes) is 2. The fraction of sp³-hybridized carbons (Fsp3) is 0.944. The Labute approximate surface area is 121 Å². The first kappa shape index (κ1) is 18.5. The molecule has 0 radical (unpaired) electrons. The molecule has 0 aromatic carbocycles. The van der Waals surface area contributed by atoms with Crippen molar-refractivity contribution in [2.24, 2.45) is 17.8 Å². The molecule has 0 spiro atoms. The first-order valence-electron chi connectivity index (χ1n) is 8.64. The molecule has 0 heterocycles. The van der Waals surface area contributed by atoms with Crippen molar-refractivity contribution in [3.8, 4) is 6.07 Å². The Bertz CT molecular complexity index is 214. The van der Waals surface area contributed by atoms with Crippen LogP contribution in [0.25, 0.3) is 0 Å². The summed E-state index contributed by atoms with van der Waals surface area (Å²) < 4.78 is 0. The zero-order valence-electron chi connectivity index (χ0n) is 13.8. The average molecular weight is 265 g/mol. The van der Waals surface area contributed by atoms with E-state index in [-0.39, 0.29) is 0 Å². The van der Waals surface area contributed by atoms with Gasteiger partial charge in [0.2, 0.25) is 0 Å². The van der Waals surface area contributed by atoms with E-state index in [2.05, 4.69) is 33.8 Å². The third-order valence-electron chi connectivity index (χ3n) is 4.34. The van der Waals surface area contributed by atoms with Crippen molar-refractivity contribution in [1.82, 2.24) is 0 Å². The Morgan fingerprint density at radius 3 is 1.42 bits per heavy atom. The first-order chi connectivity index (χ1) is 9.24. The van der Waals surface area contributed by atoms with Crippen LogP contribution in [0.4, 0.5) is 0 Å². The summed E-state index contributed by atoms with van der Waals surface area (Å²) in [5.41, 5.74) is 0. The first-order valence-corrected chi connectivity index (χ1v) is 8.64. The van der Waals surface area contributed by atoms with Gasteiger partial charge >= 0.3 is 0 Å². The maximum Gasteiger partial charge on any atom is 0.0661 e. The third-order valence-corrected chi connectivity index (χ3v) is 4.34. The van der Waals surface area contributed by atoms with E-state index in [1.807, 2.05) is 0 Å². The summed E-state index contributed by atoms with van der Waals surface area (Å²) in [4.78, 5) is 0. The van der Waals surface area contributed by atoms with Crippen LogP contribution in [0.3, 0.4) is 0 Å². The van der Waals surface area contributed by atoms with Crippen LogP contribution in [0.2, 0.25) is 0 Å². The lowest BCUT2D eigenvalue weighted by atomic mass is 9.74. The summed E-state index contributed by atoms with van der Waals surface area (Å²) >= 11 is 0. The SMILES string of the molecule is CCCCC(CCCC)C(C#N)C(CCC)CCC. The van der Waals surface area contributed by atoms with Crippen molar-refractivity contribution in [1.29, 1.82) is 5.26 Å². The van der Waals surface area contributed by atoms with E-state index >= 15 is 0 Å². The van der Waals surface area contributed by atoms with Gasteiger partial charge in [0, 0.05) is 0 Å². The molecule has 0 amide bonds. The lowest BCUT2D eigenvalue weighted by Gasteiger charge is -2.29. The van der Waals surface area contributed by atoms with Crippen molar-refractivity contribution < 1.29 is 0 Å². The molecule has 0 bridgehead atoms. The molecule has 1 atom stereocenters. The van der Waals surface area contributed by atoms with Crippen molar-refractivity contribution in [2.45, 2.75) is 91.9 Å². The van der Waals surface area contributed by atoms with Crippen LogP contribution >= 0.6 is 0 Å². The van der Waals surface area contributed by atoms with Gasteiger partial charge in [-0.25, -0.2) is 0 Å². The fourth-order valence-electron chi connectivity index (χ4n) is 3.28. The van der Waals surface area contributed by atoms with Gasteiger partial charge in [-0.2, -0.15) is 5.26 Å². The maximum atomic E-state index is 9.67. The van der Waals surface area contributed by atoms with Gasteiger partial charge in [0.1, 0.15) is 0 Å². The quantitative estimate of drug-likeness (QED) is 0.404. The molecule has 19 heavy (non-hydrogen) atoms. The summed E-state index contributed by atoms with van der Waals surface area (Å²) in [6.45, 7) is 9.02. The molecule has 0 rings (SSSR count). The zero-order valence-corrected chi connectivity index (χ0v) is 13.8. The normalized spacial score (nSPS) is 12.9. The van der Waals surface area contributed by atoms with E-state index in [0.29, 0.717) is 17.8 Å². The summed E-state index contributed by atoms with van der Waals surface area (Å²) in [5, 5.41) is 9.67. The van der Waals surface area contributed by atoms with Gasteiger partial charge in [-0.1, -0.05) is 66.2 Å². The summed E-state index contributed by atoms with van der Waals surface area (Å²) in [6.07, 6.45) is 12.5. The summed E-state index contributed by atoms with van der Waals surface area (Å²) in [5.74, 6) is 1.59. The van der Waals surface area contributed by atoms with Crippen LogP contribution < -0.4 is 0 Å². The van der Waals surface area contributed by atoms with E-state index in [4.69, 9.17) is 0 Å². The monoisotopic (exact) mass is 265 g/mol. The van der Waals surface area contributed by atoms with Gasteiger partial charge in [0.05, 0.1) is 12.0 Å². The van der Waals surface area contributed by atoms with E-state index in [9.17, 15) is 5.26 Å². The number of nitriles is 1. The van der Waals surface area contributed by atoms with Gasteiger partial charge in [0.25, 0.3) is 0 Å². The Morgan fingerprint density at radius 2 is 1.11 bits per heavy atom. The van der Waals surface area contributed by atoms with Crippen LogP contribution in [-0.4, -0.2) is 0 Å². The molecule has 0 aliphatic rings. The number of nitrogens with zero attached hydrogens (tertiary/aromatic N) is 1. The van der Waals surface area contributed by atoms with E-state index in [0.717, 1.165) is 0 Å². The number of hydrogen-bond donors (Lipinski definition) is 0. The van der Waals surface area contributed by atoms with Crippen molar-refractivity contribution in [2.75, 3.05) is 0 Å². The lowest BCUT2D eigenvalue weighted by molar-refractivity contribution is 0.226. The molecule has 0 aliphatic heterocycles. The second-order valence-electron chi connectivity index (χ2n) is 6.04. The van der Waals surface area contributed by atoms with Gasteiger partial charge in [-0.05, 0) is 37.5 Å². The van der Waals surface area contributed by atoms with E-state index < -0.39 is 0 Å². The largest absolute Gasteiger partial charge is 0.198 e. The molecule has 0 aromatic heterocycles. The van der Waals surface area contributed by atoms with Gasteiger partial charge in [-0.15, -0.1) is 0 Å². The zero-order chi connectivity index (χ0) is 14.5. The number of rotatable bonds is 12. The summed E-state index contributed by atoms with van der Waals surface area (Å²) in [6, 6.07) is 2.69. The standard InChI is InChI=1S/C18H35N/c1-5-9-13-17(14-10-6-2)18(15-19)16(11-7-3)12-8-4/h16-18H,5-14H2,1-4H3. The molecule has 1 unspecified atom stereocenters. The van der Waals surface area contributed by atoms with Crippen molar-refractivity contribution >= 4 is 0 Å². The van der Waals surface area contributed by atoms with Crippen LogP contribution in [0.1, 0.15) is 91.9 Å². The second kappa shape index (κ2) is 12.5. The molecular weight excluding hydrogens is 230 g/mol. The molecule has 0 aliphatic carbocycles. The molecule has 0 saturated heterocycles. The highest BCUT2D eigenvalue weighted by Gasteiger charge is 2.27. The predicted molar refractivity (Wildman–Crippen MR) is 84.9 cm³/mol. The molecule has 0 saturated carbocycles. The minimum atomic E-state index is 0.304. The van der Waals surface area contributed by atoms with E-state index in [1.54, 1.807) is 0 Å². The topological polar surface area (TPSA) is 23.8 Å². The van der Waals surface area contributed by atoms with Gasteiger partial charge < -0.3 is 0 Å². The Kier molecular flexibility index (Phi) is 12.2. The molecule has 0 aromatic rings. The fourth-order valence-corrected chi connectivity index (χ4v) is 3.28. The highest BCUT2D eigenvalue weighted by molar-refractivity contribution is 4.92. The molecule has 1 nitrogen and oxygen atoms in total. The molecule has 0 N–H and O–H groups in total.